The molecule has 0 spiro atoms. The van der Waals surface area contributed by atoms with Gasteiger partial charge in [-0.2, -0.15) is 5.10 Å². The summed E-state index contributed by atoms with van der Waals surface area (Å²) in [5, 5.41) is 12.0. The highest BCUT2D eigenvalue weighted by Gasteiger charge is 2.27. The quantitative estimate of drug-likeness (QED) is 0.414. The Morgan fingerprint density at radius 1 is 1.15 bits per heavy atom. The zero-order valence-corrected chi connectivity index (χ0v) is 19.5. The predicted octanol–water partition coefficient (Wildman–Crippen LogP) is 4.36. The molecule has 0 aliphatic heterocycles. The summed E-state index contributed by atoms with van der Waals surface area (Å²) in [6.45, 7) is 5.87. The Hall–Kier alpha value is -4.14. The van der Waals surface area contributed by atoms with Crippen molar-refractivity contribution in [2.45, 2.75) is 33.2 Å². The number of carbonyl (C=O) groups is 1. The number of fused-ring (bicyclic) bond motifs is 1. The minimum atomic E-state index is -0.874. The van der Waals surface area contributed by atoms with E-state index in [4.69, 9.17) is 14.0 Å². The Bertz CT molecular complexity index is 1370. The minimum absolute atomic E-state index is 0.124. The van der Waals surface area contributed by atoms with Crippen LogP contribution >= 0.6 is 0 Å². The summed E-state index contributed by atoms with van der Waals surface area (Å²) in [7, 11) is 1.59. The van der Waals surface area contributed by atoms with Gasteiger partial charge in [-0.25, -0.2) is 4.68 Å². The maximum atomic E-state index is 13.3. The van der Waals surface area contributed by atoms with Gasteiger partial charge in [0.2, 0.25) is 5.91 Å². The highest BCUT2D eigenvalue weighted by atomic mass is 16.5. The topological polar surface area (TPSA) is 108 Å². The van der Waals surface area contributed by atoms with Crippen molar-refractivity contribution in [3.8, 4) is 22.8 Å². The lowest BCUT2D eigenvalue weighted by Crippen LogP contribution is -2.35. The van der Waals surface area contributed by atoms with Crippen LogP contribution in [0.5, 0.6) is 11.5 Å². The summed E-state index contributed by atoms with van der Waals surface area (Å²) in [5.74, 6) is 1.33. The van der Waals surface area contributed by atoms with Crippen molar-refractivity contribution >= 4 is 22.5 Å². The average molecular weight is 463 g/mol. The maximum absolute atomic E-state index is 13.3. The first-order chi connectivity index (χ1) is 16.5. The number of hydrogen-bond acceptors (Lipinski definition) is 7. The second-order valence-corrected chi connectivity index (χ2v) is 7.63. The van der Waals surface area contributed by atoms with Crippen LogP contribution in [0.4, 0.5) is 5.69 Å². The molecule has 0 bridgehead atoms. The SMILES string of the molecule is CCOc1ccccc1NC(=O)[C@H](CC)n1nc(-c2ccc(OC)cc2)c2c(C)onc2c1=O. The van der Waals surface area contributed by atoms with E-state index in [1.165, 1.54) is 4.68 Å². The number of anilines is 1. The molecule has 0 fully saturated rings. The van der Waals surface area contributed by atoms with E-state index < -0.39 is 11.6 Å². The third-order valence-electron chi connectivity index (χ3n) is 5.51. The summed E-state index contributed by atoms with van der Waals surface area (Å²) in [5.41, 5.74) is 1.39. The Labute approximate surface area is 196 Å². The molecule has 1 amide bonds. The number of rotatable bonds is 8. The smallest absolute Gasteiger partial charge is 0.297 e. The van der Waals surface area contributed by atoms with Gasteiger partial charge in [-0.1, -0.05) is 24.2 Å². The van der Waals surface area contributed by atoms with Crippen molar-refractivity contribution < 1.29 is 18.8 Å². The Balaban J connectivity index is 1.80. The lowest BCUT2D eigenvalue weighted by atomic mass is 10.1. The van der Waals surface area contributed by atoms with Crippen LogP contribution in [0, 0.1) is 6.92 Å². The monoisotopic (exact) mass is 462 g/mol. The molecule has 9 heteroatoms. The first-order valence-corrected chi connectivity index (χ1v) is 11.0. The lowest BCUT2D eigenvalue weighted by Gasteiger charge is -2.19. The fourth-order valence-electron chi connectivity index (χ4n) is 3.81. The molecule has 2 aromatic heterocycles. The molecule has 0 saturated heterocycles. The fourth-order valence-corrected chi connectivity index (χ4v) is 3.81. The van der Waals surface area contributed by atoms with Gasteiger partial charge < -0.3 is 19.3 Å². The number of aryl methyl sites for hydroxylation is 1. The maximum Gasteiger partial charge on any atom is 0.297 e. The number of hydrogen-bond donors (Lipinski definition) is 1. The van der Waals surface area contributed by atoms with Gasteiger partial charge in [0.25, 0.3) is 5.56 Å². The van der Waals surface area contributed by atoms with Crippen LogP contribution in [0.1, 0.15) is 32.1 Å². The van der Waals surface area contributed by atoms with Gasteiger partial charge in [0.15, 0.2) is 5.52 Å². The van der Waals surface area contributed by atoms with Crippen molar-refractivity contribution in [2.24, 2.45) is 0 Å². The molecule has 0 aliphatic rings. The zero-order valence-electron chi connectivity index (χ0n) is 19.5. The van der Waals surface area contributed by atoms with Crippen LogP contribution in [0.15, 0.2) is 57.8 Å². The van der Waals surface area contributed by atoms with E-state index >= 15 is 0 Å². The second-order valence-electron chi connectivity index (χ2n) is 7.63. The third-order valence-corrected chi connectivity index (χ3v) is 5.51. The molecule has 0 unspecified atom stereocenters. The summed E-state index contributed by atoms with van der Waals surface area (Å²) < 4.78 is 17.4. The van der Waals surface area contributed by atoms with Gasteiger partial charge >= 0.3 is 0 Å². The first-order valence-electron chi connectivity index (χ1n) is 11.0. The Kier molecular flexibility index (Phi) is 6.62. The molecular formula is C25H26N4O5. The largest absolute Gasteiger partial charge is 0.497 e. The van der Waals surface area contributed by atoms with E-state index in [9.17, 15) is 9.59 Å². The Morgan fingerprint density at radius 2 is 1.88 bits per heavy atom. The molecule has 0 saturated carbocycles. The van der Waals surface area contributed by atoms with Gasteiger partial charge in [0.05, 0.1) is 24.8 Å². The zero-order chi connectivity index (χ0) is 24.2. The van der Waals surface area contributed by atoms with E-state index in [0.29, 0.717) is 47.1 Å². The molecule has 4 aromatic rings. The molecule has 1 atom stereocenters. The second kappa shape index (κ2) is 9.78. The molecule has 4 rings (SSSR count). The Morgan fingerprint density at radius 3 is 2.56 bits per heavy atom. The van der Waals surface area contributed by atoms with Crippen molar-refractivity contribution in [3.63, 3.8) is 0 Å². The fraction of sp³-hybridized carbons (Fsp3) is 0.280. The normalized spacial score (nSPS) is 11.9. The molecule has 1 N–H and O–H groups in total. The molecule has 34 heavy (non-hydrogen) atoms. The van der Waals surface area contributed by atoms with Crippen LogP contribution in [0.2, 0.25) is 0 Å². The van der Waals surface area contributed by atoms with Crippen LogP contribution in [-0.2, 0) is 4.79 Å². The van der Waals surface area contributed by atoms with E-state index in [0.717, 1.165) is 5.56 Å². The number of para-hydroxylation sites is 2. The van der Waals surface area contributed by atoms with Crippen LogP contribution in [0.3, 0.4) is 0 Å². The summed E-state index contributed by atoms with van der Waals surface area (Å²) in [4.78, 5) is 26.6. The highest BCUT2D eigenvalue weighted by Crippen LogP contribution is 2.30. The minimum Gasteiger partial charge on any atom is -0.497 e. The molecule has 2 heterocycles. The van der Waals surface area contributed by atoms with Gasteiger partial charge in [0.1, 0.15) is 29.0 Å². The van der Waals surface area contributed by atoms with Crippen molar-refractivity contribution in [3.05, 3.63) is 64.6 Å². The van der Waals surface area contributed by atoms with Crippen molar-refractivity contribution in [1.82, 2.24) is 14.9 Å². The lowest BCUT2D eigenvalue weighted by molar-refractivity contribution is -0.119. The van der Waals surface area contributed by atoms with Crippen LogP contribution in [-0.4, -0.2) is 34.6 Å². The van der Waals surface area contributed by atoms with E-state index in [2.05, 4.69) is 15.6 Å². The van der Waals surface area contributed by atoms with E-state index in [1.54, 1.807) is 44.4 Å². The van der Waals surface area contributed by atoms with Gasteiger partial charge in [-0.3, -0.25) is 9.59 Å². The van der Waals surface area contributed by atoms with Crippen LogP contribution in [0.25, 0.3) is 22.2 Å². The number of ether oxygens (including phenoxy) is 2. The third kappa shape index (κ3) is 4.24. The molecule has 176 valence electrons. The highest BCUT2D eigenvalue weighted by molar-refractivity contribution is 5.96. The average Bonchev–Trinajstić information content (AvgIpc) is 3.24. The molecule has 0 aliphatic carbocycles. The number of benzene rings is 2. The number of carbonyl (C=O) groups excluding carboxylic acids is 1. The first kappa shape index (κ1) is 23.0. The van der Waals surface area contributed by atoms with Crippen molar-refractivity contribution in [2.75, 3.05) is 19.0 Å². The number of aromatic nitrogens is 3. The van der Waals surface area contributed by atoms with Gasteiger partial charge in [0, 0.05) is 5.56 Å². The number of nitrogens with one attached hydrogen (secondary N) is 1. The number of nitrogens with zero attached hydrogens (tertiary/aromatic N) is 3. The standard InChI is InChI=1S/C25H26N4O5/c1-5-19(24(30)26-18-9-7-8-10-20(18)33-6-2)29-25(31)23-21(15(3)34-28-23)22(27-29)16-11-13-17(32-4)14-12-16/h7-14,19H,5-6H2,1-4H3,(H,26,30)/t19-/m0/s1. The molecule has 0 radical (unpaired) electrons. The predicted molar refractivity (Wildman–Crippen MR) is 128 cm³/mol. The van der Waals surface area contributed by atoms with Gasteiger partial charge in [-0.05, 0) is 56.7 Å². The summed E-state index contributed by atoms with van der Waals surface area (Å²) in [6, 6.07) is 13.5. The van der Waals surface area contributed by atoms with E-state index in [1.807, 2.05) is 32.0 Å². The molecular weight excluding hydrogens is 436 g/mol. The van der Waals surface area contributed by atoms with E-state index in [-0.39, 0.29) is 11.4 Å². The van der Waals surface area contributed by atoms with Crippen LogP contribution < -0.4 is 20.3 Å². The molecule has 9 nitrogen and oxygen atoms in total. The summed E-state index contributed by atoms with van der Waals surface area (Å²) >= 11 is 0. The number of methoxy groups -OCH3 is 1. The van der Waals surface area contributed by atoms with Gasteiger partial charge in [-0.15, -0.1) is 0 Å². The summed E-state index contributed by atoms with van der Waals surface area (Å²) in [6.07, 6.45) is 0.333. The molecule has 2 aromatic carbocycles. The van der Waals surface area contributed by atoms with Crippen molar-refractivity contribution in [1.29, 1.82) is 0 Å². The number of amides is 1.